The van der Waals surface area contributed by atoms with E-state index >= 15 is 0 Å². The highest BCUT2D eigenvalue weighted by atomic mass is 35.5. The molecule has 2 unspecified atom stereocenters. The number of nitrogens with zero attached hydrogens (tertiary/aromatic N) is 2. The van der Waals surface area contributed by atoms with Gasteiger partial charge < -0.3 is 9.57 Å². The summed E-state index contributed by atoms with van der Waals surface area (Å²) in [6.07, 6.45) is 5.19. The number of hydrogen-bond donors (Lipinski definition) is 0. The molecule has 1 aliphatic carbocycles. The van der Waals surface area contributed by atoms with Crippen molar-refractivity contribution in [1.82, 2.24) is 0 Å². The zero-order chi connectivity index (χ0) is 20.3. The maximum absolute atomic E-state index is 12.6. The molecule has 0 saturated heterocycles. The van der Waals surface area contributed by atoms with Crippen LogP contribution in [-0.2, 0) is 9.57 Å². The van der Waals surface area contributed by atoms with Crippen molar-refractivity contribution in [3.63, 3.8) is 0 Å². The van der Waals surface area contributed by atoms with Crippen LogP contribution < -0.4 is 0 Å². The van der Waals surface area contributed by atoms with Crippen LogP contribution in [0.5, 0.6) is 0 Å². The van der Waals surface area contributed by atoms with Gasteiger partial charge in [-0.2, -0.15) is 0 Å². The molecule has 0 fully saturated rings. The van der Waals surface area contributed by atoms with E-state index in [-0.39, 0.29) is 31.8 Å². The summed E-state index contributed by atoms with van der Waals surface area (Å²) in [5.74, 6) is -0.850. The van der Waals surface area contributed by atoms with Crippen LogP contribution in [-0.4, -0.2) is 41.0 Å². The number of allylic oxidation sites excluding steroid dienone is 1. The second-order valence-corrected chi connectivity index (χ2v) is 7.11. The van der Waals surface area contributed by atoms with Crippen molar-refractivity contribution in [3.05, 3.63) is 74.4 Å². The standard InChI is InChI=1S/C19H15Cl3N2O4/c1-2-27-12-8-9-14-13(10-12)16(23-14)17(15(20)18(21)22)24(26)28-19(25)11-6-4-3-5-7-11/h3-10,12,16H,2H2,1H3/b24-17+. The fourth-order valence-corrected chi connectivity index (χ4v) is 3.11. The molecule has 2 atom stereocenters. The van der Waals surface area contributed by atoms with E-state index in [4.69, 9.17) is 44.4 Å². The predicted octanol–water partition coefficient (Wildman–Crippen LogP) is 4.32. The van der Waals surface area contributed by atoms with Gasteiger partial charge in [0, 0.05) is 17.7 Å². The zero-order valence-electron chi connectivity index (χ0n) is 14.6. The molecule has 28 heavy (non-hydrogen) atoms. The lowest BCUT2D eigenvalue weighted by molar-refractivity contribution is -0.710. The molecule has 1 aromatic rings. The summed E-state index contributed by atoms with van der Waals surface area (Å²) in [7, 11) is 0. The first-order valence-electron chi connectivity index (χ1n) is 8.34. The molecule has 0 spiro atoms. The molecule has 0 amide bonds. The summed E-state index contributed by atoms with van der Waals surface area (Å²) in [4.78, 5) is 21.5. The molecule has 146 valence electrons. The van der Waals surface area contributed by atoms with Gasteiger partial charge in [0.25, 0.3) is 11.7 Å². The first kappa shape index (κ1) is 20.6. The molecular weight excluding hydrogens is 427 g/mol. The van der Waals surface area contributed by atoms with Crippen molar-refractivity contribution in [3.8, 4) is 0 Å². The number of carbonyl (C=O) groups excluding carboxylic acids is 1. The van der Waals surface area contributed by atoms with Gasteiger partial charge in [-0.25, -0.2) is 0 Å². The molecule has 1 heterocycles. The minimum Gasteiger partial charge on any atom is -0.370 e. The summed E-state index contributed by atoms with van der Waals surface area (Å²) < 4.78 is 5.21. The number of rotatable bonds is 6. The van der Waals surface area contributed by atoms with Crippen LogP contribution in [0.2, 0.25) is 0 Å². The average molecular weight is 442 g/mol. The molecule has 0 aromatic heterocycles. The highest BCUT2D eigenvalue weighted by Gasteiger charge is 2.42. The molecule has 1 aromatic carbocycles. The Morgan fingerprint density at radius 2 is 1.96 bits per heavy atom. The van der Waals surface area contributed by atoms with Crippen LogP contribution in [0.15, 0.2) is 68.6 Å². The van der Waals surface area contributed by atoms with E-state index in [1.807, 2.05) is 19.1 Å². The summed E-state index contributed by atoms with van der Waals surface area (Å²) in [6.45, 7) is 2.39. The van der Waals surface area contributed by atoms with Crippen LogP contribution in [0.25, 0.3) is 0 Å². The van der Waals surface area contributed by atoms with Crippen molar-refractivity contribution < 1.29 is 19.3 Å². The Bertz CT molecular complexity index is 932. The van der Waals surface area contributed by atoms with E-state index in [0.29, 0.717) is 17.9 Å². The molecule has 0 radical (unpaired) electrons. The maximum atomic E-state index is 12.6. The number of fused-ring (bicyclic) bond motifs is 1. The molecule has 2 aliphatic rings. The molecule has 0 saturated carbocycles. The fourth-order valence-electron chi connectivity index (χ4n) is 2.74. The Hall–Kier alpha value is -2.12. The highest BCUT2D eigenvalue weighted by molar-refractivity contribution is 6.63. The van der Waals surface area contributed by atoms with E-state index in [2.05, 4.69) is 4.99 Å². The maximum Gasteiger partial charge on any atom is 0.295 e. The first-order valence-corrected chi connectivity index (χ1v) is 9.48. The van der Waals surface area contributed by atoms with Gasteiger partial charge in [0.05, 0.1) is 16.7 Å². The van der Waals surface area contributed by atoms with E-state index in [1.54, 1.807) is 24.3 Å². The van der Waals surface area contributed by atoms with Crippen molar-refractivity contribution in [2.24, 2.45) is 4.99 Å². The van der Waals surface area contributed by atoms with Gasteiger partial charge >= 0.3 is 0 Å². The minimum atomic E-state index is -0.850. The van der Waals surface area contributed by atoms with E-state index in [9.17, 15) is 10.0 Å². The summed E-state index contributed by atoms with van der Waals surface area (Å²) >= 11 is 17.7. The predicted molar refractivity (Wildman–Crippen MR) is 109 cm³/mol. The van der Waals surface area contributed by atoms with Gasteiger partial charge in [0.2, 0.25) is 0 Å². The van der Waals surface area contributed by atoms with Gasteiger partial charge in [0.1, 0.15) is 9.52 Å². The van der Waals surface area contributed by atoms with Crippen LogP contribution in [0.4, 0.5) is 0 Å². The lowest BCUT2D eigenvalue weighted by Crippen LogP contribution is -2.41. The number of aliphatic imine (C=N–C) groups is 1. The molecule has 3 rings (SSSR count). The Balaban J connectivity index is 1.95. The SMILES string of the molecule is CCOC1C=CC2=NC(/C(C(Cl)=C(Cl)Cl)=[N+](\[O-])OC(=O)c3ccccc3)C2=C1. The fraction of sp³-hybridized carbons (Fsp3) is 0.211. The third-order valence-electron chi connectivity index (χ3n) is 4.03. The normalized spacial score (nSPS) is 20.9. The molecule has 1 aliphatic heterocycles. The molecule has 0 N–H and O–H groups in total. The number of carbonyl (C=O) groups is 1. The van der Waals surface area contributed by atoms with Gasteiger partial charge in [-0.15, -0.1) is 0 Å². The Kier molecular flexibility index (Phi) is 6.57. The average Bonchev–Trinajstić information content (AvgIpc) is 2.67. The molecular formula is C19H15Cl3N2O4. The number of benzene rings is 1. The number of hydrogen-bond acceptors (Lipinski definition) is 5. The Morgan fingerprint density at radius 1 is 1.25 bits per heavy atom. The van der Waals surface area contributed by atoms with Crippen molar-refractivity contribution >= 4 is 52.2 Å². The Labute approximate surface area is 176 Å². The number of halogens is 3. The van der Waals surface area contributed by atoms with Crippen LogP contribution >= 0.6 is 34.8 Å². The second-order valence-electron chi connectivity index (χ2n) is 5.78. The minimum absolute atomic E-state index is 0.00220. The summed E-state index contributed by atoms with van der Waals surface area (Å²) in [5, 5.41) is 12.4. The molecule has 0 bridgehead atoms. The van der Waals surface area contributed by atoms with Crippen LogP contribution in [0.3, 0.4) is 0 Å². The monoisotopic (exact) mass is 440 g/mol. The van der Waals surface area contributed by atoms with E-state index in [1.165, 1.54) is 12.1 Å². The zero-order valence-corrected chi connectivity index (χ0v) is 16.9. The third-order valence-corrected chi connectivity index (χ3v) is 4.98. The summed E-state index contributed by atoms with van der Waals surface area (Å²) in [6, 6.07) is 7.27. The quantitative estimate of drug-likeness (QED) is 0.285. The van der Waals surface area contributed by atoms with E-state index in [0.717, 1.165) is 0 Å². The first-order chi connectivity index (χ1) is 13.4. The Morgan fingerprint density at radius 3 is 2.61 bits per heavy atom. The van der Waals surface area contributed by atoms with E-state index < -0.39 is 12.0 Å². The third kappa shape index (κ3) is 4.31. The highest BCUT2D eigenvalue weighted by Crippen LogP contribution is 2.32. The van der Waals surface area contributed by atoms with Gasteiger partial charge in [0.15, 0.2) is 6.04 Å². The topological polar surface area (TPSA) is 74.0 Å². The largest absolute Gasteiger partial charge is 0.370 e. The lowest BCUT2D eigenvalue weighted by atomic mass is 9.87. The molecule has 9 heteroatoms. The second kappa shape index (κ2) is 8.92. The van der Waals surface area contributed by atoms with Crippen LogP contribution in [0, 0.1) is 5.21 Å². The van der Waals surface area contributed by atoms with Gasteiger partial charge in [-0.1, -0.05) is 65.1 Å². The van der Waals surface area contributed by atoms with Gasteiger partial charge in [-0.05, 0) is 25.2 Å². The van der Waals surface area contributed by atoms with Gasteiger partial charge in [-0.3, -0.25) is 15.0 Å². The number of ether oxygens (including phenoxy) is 1. The smallest absolute Gasteiger partial charge is 0.295 e. The van der Waals surface area contributed by atoms with Crippen molar-refractivity contribution in [2.45, 2.75) is 19.1 Å². The summed E-state index contributed by atoms with van der Waals surface area (Å²) in [5.41, 5.74) is 1.40. The van der Waals surface area contributed by atoms with Crippen LogP contribution in [0.1, 0.15) is 17.3 Å². The van der Waals surface area contributed by atoms with Crippen molar-refractivity contribution in [1.29, 1.82) is 0 Å². The van der Waals surface area contributed by atoms with Crippen molar-refractivity contribution in [2.75, 3.05) is 6.61 Å². The lowest BCUT2D eigenvalue weighted by Gasteiger charge is -2.29. The molecule has 6 nitrogen and oxygen atoms in total.